The molecule has 1 aromatic carbocycles. The molecule has 2 aromatic rings. The monoisotopic (exact) mass is 539 g/mol. The van der Waals surface area contributed by atoms with Crippen molar-refractivity contribution in [1.82, 2.24) is 14.5 Å². The standard InChI is InChI=1S/C30H42N3O4P/c1-18-8-9-23-16-25(17-29(18)32(23)24-12-19(2)20(3)22-13-21(14-22)15-24)33-28-7-5-4-6-26(28)31-27(30(33)34)10-11-38(35,36)37/h4-7,10-11,18-25,29H,8-9,12-17H2,1-3H3,(H2,35,36,37)/b11-10+/t18?,19?,20?,21?,22?,23-,24+,25+,29?/m1/s1. The van der Waals surface area contributed by atoms with Crippen LogP contribution in [0.5, 0.6) is 0 Å². The summed E-state index contributed by atoms with van der Waals surface area (Å²) in [5.41, 5.74) is 1.32. The molecule has 0 radical (unpaired) electrons. The molecule has 3 heterocycles. The van der Waals surface area contributed by atoms with Crippen molar-refractivity contribution in [2.75, 3.05) is 0 Å². The van der Waals surface area contributed by atoms with E-state index in [9.17, 15) is 19.1 Å². The van der Waals surface area contributed by atoms with Crippen LogP contribution in [0.2, 0.25) is 0 Å². The molecule has 5 fully saturated rings. The molecule has 3 aliphatic carbocycles. The zero-order valence-corrected chi connectivity index (χ0v) is 23.7. The number of aromatic nitrogens is 2. The zero-order chi connectivity index (χ0) is 26.8. The molecule has 7 nitrogen and oxygen atoms in total. The number of benzene rings is 1. The van der Waals surface area contributed by atoms with E-state index in [0.717, 1.165) is 47.8 Å². The number of hydrogen-bond donors (Lipinski definition) is 2. The van der Waals surface area contributed by atoms with Gasteiger partial charge >= 0.3 is 7.60 Å². The van der Waals surface area contributed by atoms with Crippen LogP contribution in [0, 0.1) is 29.6 Å². The minimum atomic E-state index is -4.40. The predicted octanol–water partition coefficient (Wildman–Crippen LogP) is 5.81. The van der Waals surface area contributed by atoms with Crippen LogP contribution in [0.25, 0.3) is 17.1 Å². The maximum Gasteiger partial charge on any atom is 0.349 e. The molecule has 7 rings (SSSR count). The second-order valence-electron chi connectivity index (χ2n) is 13.0. The zero-order valence-electron chi connectivity index (χ0n) is 22.8. The Labute approximate surface area is 225 Å². The largest absolute Gasteiger partial charge is 0.349 e. The van der Waals surface area contributed by atoms with E-state index in [1.165, 1.54) is 44.6 Å². The average Bonchev–Trinajstić information content (AvgIpc) is 2.84. The molecule has 206 valence electrons. The third kappa shape index (κ3) is 4.85. The minimum Gasteiger partial charge on any atom is -0.321 e. The normalized spacial score (nSPS) is 38.1. The summed E-state index contributed by atoms with van der Waals surface area (Å²) in [5, 5.41) is 0. The lowest BCUT2D eigenvalue weighted by Crippen LogP contribution is -2.61. The van der Waals surface area contributed by atoms with Crippen LogP contribution in [0.4, 0.5) is 0 Å². The Morgan fingerprint density at radius 3 is 2.45 bits per heavy atom. The Balaban J connectivity index is 1.36. The topological polar surface area (TPSA) is 95.7 Å². The molecule has 4 unspecified atom stereocenters. The van der Waals surface area contributed by atoms with Crippen LogP contribution >= 0.6 is 7.60 Å². The van der Waals surface area contributed by atoms with Crippen molar-refractivity contribution in [1.29, 1.82) is 0 Å². The number of nitrogens with zero attached hydrogens (tertiary/aromatic N) is 3. The molecule has 3 saturated carbocycles. The molecular weight excluding hydrogens is 497 g/mol. The number of hydrogen-bond acceptors (Lipinski definition) is 4. The van der Waals surface area contributed by atoms with Crippen molar-refractivity contribution >= 4 is 24.7 Å². The number of para-hydroxylation sites is 2. The first-order valence-corrected chi connectivity index (χ1v) is 16.3. The number of piperidine rings is 2. The smallest absolute Gasteiger partial charge is 0.321 e. The van der Waals surface area contributed by atoms with E-state index < -0.39 is 7.60 Å². The molecule has 2 saturated heterocycles. The van der Waals surface area contributed by atoms with Gasteiger partial charge in [-0.05, 0) is 99.2 Å². The lowest BCUT2D eigenvalue weighted by Gasteiger charge is -2.57. The van der Waals surface area contributed by atoms with Gasteiger partial charge in [-0.1, -0.05) is 32.9 Å². The van der Waals surface area contributed by atoms with E-state index in [4.69, 9.17) is 0 Å². The molecule has 7 atom stereocenters. The number of rotatable bonds is 4. The highest BCUT2D eigenvalue weighted by Gasteiger charge is 2.48. The van der Waals surface area contributed by atoms with Gasteiger partial charge in [-0.2, -0.15) is 0 Å². The van der Waals surface area contributed by atoms with Crippen molar-refractivity contribution in [3.8, 4) is 0 Å². The van der Waals surface area contributed by atoms with E-state index in [1.807, 2.05) is 28.8 Å². The summed E-state index contributed by atoms with van der Waals surface area (Å²) in [5.74, 6) is 4.74. The second-order valence-corrected chi connectivity index (χ2v) is 14.4. The third-order valence-corrected chi connectivity index (χ3v) is 11.2. The average molecular weight is 540 g/mol. The van der Waals surface area contributed by atoms with Crippen LogP contribution in [0.3, 0.4) is 0 Å². The van der Waals surface area contributed by atoms with Gasteiger partial charge in [-0.3, -0.25) is 14.3 Å². The van der Waals surface area contributed by atoms with Crippen LogP contribution < -0.4 is 5.56 Å². The highest BCUT2D eigenvalue weighted by molar-refractivity contribution is 7.55. The highest BCUT2D eigenvalue weighted by atomic mass is 31.2. The first-order chi connectivity index (χ1) is 18.1. The Morgan fingerprint density at radius 1 is 0.921 bits per heavy atom. The van der Waals surface area contributed by atoms with Crippen LogP contribution in [-0.4, -0.2) is 42.4 Å². The molecular formula is C30H42N3O4P. The highest BCUT2D eigenvalue weighted by Crippen LogP contribution is 2.51. The second kappa shape index (κ2) is 9.99. The summed E-state index contributed by atoms with van der Waals surface area (Å²) in [6.45, 7) is 7.34. The van der Waals surface area contributed by atoms with Gasteiger partial charge in [-0.25, -0.2) is 4.98 Å². The van der Waals surface area contributed by atoms with Crippen molar-refractivity contribution in [3.05, 3.63) is 46.1 Å². The van der Waals surface area contributed by atoms with Gasteiger partial charge in [0.05, 0.1) is 11.0 Å². The minimum absolute atomic E-state index is 0.0459. The SMILES string of the molecule is CC1C[C@H](N2C3C[C@@H](n4c(=O)c(/C=C/P(=O)(O)O)nc5ccccc54)C[C@H]2CCC3C)CC2CC(C2)C1C. The maximum atomic E-state index is 13.8. The Kier molecular flexibility index (Phi) is 6.95. The fourth-order valence-corrected chi connectivity index (χ4v) is 8.81. The van der Waals surface area contributed by atoms with E-state index in [-0.39, 0.29) is 17.3 Å². The van der Waals surface area contributed by atoms with Crippen molar-refractivity contribution in [2.24, 2.45) is 29.6 Å². The Bertz CT molecular complexity index is 1330. The summed E-state index contributed by atoms with van der Waals surface area (Å²) >= 11 is 0. The molecule has 8 heteroatoms. The van der Waals surface area contributed by atoms with Gasteiger partial charge < -0.3 is 14.4 Å². The van der Waals surface area contributed by atoms with Crippen LogP contribution in [-0.2, 0) is 4.57 Å². The molecule has 38 heavy (non-hydrogen) atoms. The molecule has 2 N–H and O–H groups in total. The fraction of sp³-hybridized carbons (Fsp3) is 0.667. The van der Waals surface area contributed by atoms with Gasteiger partial charge in [0.2, 0.25) is 0 Å². The molecule has 0 amide bonds. The quantitative estimate of drug-likeness (QED) is 0.476. The fourth-order valence-electron chi connectivity index (χ4n) is 8.48. The number of fused-ring (bicyclic) bond motifs is 8. The molecule has 2 aliphatic heterocycles. The first-order valence-electron chi connectivity index (χ1n) is 14.6. The van der Waals surface area contributed by atoms with E-state index in [1.54, 1.807) is 0 Å². The van der Waals surface area contributed by atoms with E-state index >= 15 is 0 Å². The predicted molar refractivity (Wildman–Crippen MR) is 151 cm³/mol. The first kappa shape index (κ1) is 26.4. The summed E-state index contributed by atoms with van der Waals surface area (Å²) in [4.78, 5) is 39.9. The van der Waals surface area contributed by atoms with Crippen LogP contribution in [0.1, 0.15) is 83.9 Å². The summed E-state index contributed by atoms with van der Waals surface area (Å²) in [7, 11) is -4.40. The van der Waals surface area contributed by atoms with Gasteiger partial charge in [-0.15, -0.1) is 0 Å². The van der Waals surface area contributed by atoms with Crippen molar-refractivity contribution < 1.29 is 14.4 Å². The summed E-state index contributed by atoms with van der Waals surface area (Å²) in [6.07, 6.45) is 10.9. The van der Waals surface area contributed by atoms with Gasteiger partial charge in [0.15, 0.2) is 0 Å². The van der Waals surface area contributed by atoms with E-state index in [0.29, 0.717) is 29.6 Å². The third-order valence-electron chi connectivity index (χ3n) is 10.7. The molecule has 1 aromatic heterocycles. The molecule has 5 aliphatic rings. The van der Waals surface area contributed by atoms with Gasteiger partial charge in [0.1, 0.15) is 5.69 Å². The Morgan fingerprint density at radius 2 is 1.68 bits per heavy atom. The van der Waals surface area contributed by atoms with Gasteiger partial charge in [0.25, 0.3) is 5.56 Å². The lowest BCUT2D eigenvalue weighted by atomic mass is 9.60. The van der Waals surface area contributed by atoms with Crippen molar-refractivity contribution in [2.45, 2.75) is 96.3 Å². The molecule has 0 spiro atoms. The summed E-state index contributed by atoms with van der Waals surface area (Å²) in [6, 6.07) is 9.25. The molecule has 4 bridgehead atoms. The maximum absolute atomic E-state index is 13.8. The van der Waals surface area contributed by atoms with Crippen LogP contribution in [0.15, 0.2) is 34.9 Å². The lowest BCUT2D eigenvalue weighted by molar-refractivity contribution is -0.0756. The van der Waals surface area contributed by atoms with Gasteiger partial charge in [0, 0.05) is 30.0 Å². The summed E-state index contributed by atoms with van der Waals surface area (Å²) < 4.78 is 13.4. The van der Waals surface area contributed by atoms with E-state index in [2.05, 4.69) is 30.7 Å². The van der Waals surface area contributed by atoms with Crippen molar-refractivity contribution in [3.63, 3.8) is 0 Å². The Hall–Kier alpha value is -1.79.